The van der Waals surface area contributed by atoms with Gasteiger partial charge in [0.05, 0.1) is 5.60 Å². The summed E-state index contributed by atoms with van der Waals surface area (Å²) in [6.07, 6.45) is 2.00. The third-order valence-corrected chi connectivity index (χ3v) is 3.13. The lowest BCUT2D eigenvalue weighted by Crippen LogP contribution is -2.32. The Morgan fingerprint density at radius 2 is 1.62 bits per heavy atom. The lowest BCUT2D eigenvalue weighted by atomic mass is 9.85. The first-order valence-electron chi connectivity index (χ1n) is 6.29. The second-order valence-corrected chi connectivity index (χ2v) is 5.00. The average molecular weight is 236 g/mol. The molecule has 0 N–H and O–H groups in total. The van der Waals surface area contributed by atoms with Crippen molar-refractivity contribution in [3.8, 4) is 0 Å². The van der Waals surface area contributed by atoms with E-state index >= 15 is 0 Å². The Labute approximate surface area is 98.6 Å². The normalized spacial score (nSPS) is 15.8. The van der Waals surface area contributed by atoms with Crippen molar-refractivity contribution in [1.82, 2.24) is 0 Å². The van der Waals surface area contributed by atoms with Gasteiger partial charge in [-0.2, -0.15) is 0 Å². The van der Waals surface area contributed by atoms with E-state index in [2.05, 4.69) is 20.8 Å². The molecule has 0 bridgehead atoms. The highest BCUT2D eigenvalue weighted by Crippen LogP contribution is 2.31. The SMILES string of the molecule is CCCC(CCC(C)C)(CCC(F)F)OC. The standard InChI is InChI=1S/C13H26F2O/c1-5-8-13(16-4,9-6-11(2)3)10-7-12(14)15/h11-12H,5-10H2,1-4H3. The Kier molecular flexibility index (Phi) is 7.90. The molecular formula is C13H26F2O. The van der Waals surface area contributed by atoms with Crippen LogP contribution in [0.4, 0.5) is 8.78 Å². The highest BCUT2D eigenvalue weighted by atomic mass is 19.3. The molecule has 0 aromatic rings. The molecule has 3 heteroatoms. The molecular weight excluding hydrogens is 210 g/mol. The van der Waals surface area contributed by atoms with Crippen LogP contribution >= 0.6 is 0 Å². The van der Waals surface area contributed by atoms with Gasteiger partial charge in [-0.25, -0.2) is 8.78 Å². The molecule has 1 nitrogen and oxygen atoms in total. The summed E-state index contributed by atoms with van der Waals surface area (Å²) < 4.78 is 30.1. The summed E-state index contributed by atoms with van der Waals surface area (Å²) in [6.45, 7) is 6.38. The van der Waals surface area contributed by atoms with E-state index in [4.69, 9.17) is 4.74 Å². The van der Waals surface area contributed by atoms with Crippen molar-refractivity contribution >= 4 is 0 Å². The van der Waals surface area contributed by atoms with Crippen LogP contribution in [0.2, 0.25) is 0 Å². The third-order valence-electron chi connectivity index (χ3n) is 3.13. The van der Waals surface area contributed by atoms with E-state index in [-0.39, 0.29) is 12.0 Å². The molecule has 0 aliphatic carbocycles. The molecule has 16 heavy (non-hydrogen) atoms. The van der Waals surface area contributed by atoms with Gasteiger partial charge in [-0.3, -0.25) is 0 Å². The molecule has 0 aromatic heterocycles. The first-order valence-corrected chi connectivity index (χ1v) is 6.29. The number of hydrogen-bond donors (Lipinski definition) is 0. The number of rotatable bonds is 9. The molecule has 0 saturated heterocycles. The predicted molar refractivity (Wildman–Crippen MR) is 64.0 cm³/mol. The van der Waals surface area contributed by atoms with Crippen LogP contribution in [0.25, 0.3) is 0 Å². The molecule has 0 radical (unpaired) electrons. The molecule has 1 unspecified atom stereocenters. The third kappa shape index (κ3) is 6.41. The van der Waals surface area contributed by atoms with Gasteiger partial charge in [0, 0.05) is 13.5 Å². The van der Waals surface area contributed by atoms with E-state index in [9.17, 15) is 8.78 Å². The largest absolute Gasteiger partial charge is 0.378 e. The van der Waals surface area contributed by atoms with Crippen LogP contribution in [0.15, 0.2) is 0 Å². The number of alkyl halides is 2. The minimum absolute atomic E-state index is 0.0497. The van der Waals surface area contributed by atoms with Crippen LogP contribution in [-0.2, 0) is 4.74 Å². The van der Waals surface area contributed by atoms with Crippen LogP contribution < -0.4 is 0 Å². The fourth-order valence-electron chi connectivity index (χ4n) is 2.06. The van der Waals surface area contributed by atoms with Crippen LogP contribution in [0.3, 0.4) is 0 Å². The van der Waals surface area contributed by atoms with Crippen molar-refractivity contribution in [3.05, 3.63) is 0 Å². The van der Waals surface area contributed by atoms with Gasteiger partial charge in [0.2, 0.25) is 6.43 Å². The van der Waals surface area contributed by atoms with Gasteiger partial charge in [0.1, 0.15) is 0 Å². The topological polar surface area (TPSA) is 9.23 Å². The van der Waals surface area contributed by atoms with Gasteiger partial charge in [0.25, 0.3) is 0 Å². The highest BCUT2D eigenvalue weighted by Gasteiger charge is 2.29. The van der Waals surface area contributed by atoms with Crippen molar-refractivity contribution in [1.29, 1.82) is 0 Å². The van der Waals surface area contributed by atoms with Crippen molar-refractivity contribution < 1.29 is 13.5 Å². The molecule has 0 saturated carbocycles. The molecule has 0 amide bonds. The van der Waals surface area contributed by atoms with Gasteiger partial charge in [0.15, 0.2) is 0 Å². The zero-order valence-corrected chi connectivity index (χ0v) is 11.1. The predicted octanol–water partition coefficient (Wildman–Crippen LogP) is 4.65. The molecule has 0 spiro atoms. The summed E-state index contributed by atoms with van der Waals surface area (Å²) >= 11 is 0. The van der Waals surface area contributed by atoms with Crippen molar-refractivity contribution in [2.75, 3.05) is 7.11 Å². The molecule has 0 aliphatic heterocycles. The van der Waals surface area contributed by atoms with Crippen molar-refractivity contribution in [3.63, 3.8) is 0 Å². The maximum absolute atomic E-state index is 12.3. The molecule has 0 fully saturated rings. The molecule has 1 atom stereocenters. The first-order chi connectivity index (χ1) is 7.45. The Hall–Kier alpha value is -0.180. The molecule has 0 rings (SSSR count). The van der Waals surface area contributed by atoms with Gasteiger partial charge < -0.3 is 4.74 Å². The van der Waals surface area contributed by atoms with Gasteiger partial charge >= 0.3 is 0 Å². The molecule has 0 aliphatic rings. The Morgan fingerprint density at radius 3 is 2.00 bits per heavy atom. The van der Waals surface area contributed by atoms with E-state index in [1.165, 1.54) is 0 Å². The van der Waals surface area contributed by atoms with E-state index < -0.39 is 6.43 Å². The second kappa shape index (κ2) is 7.99. The second-order valence-electron chi connectivity index (χ2n) is 5.00. The lowest BCUT2D eigenvalue weighted by Gasteiger charge is -2.33. The zero-order valence-electron chi connectivity index (χ0n) is 11.1. The lowest BCUT2D eigenvalue weighted by molar-refractivity contribution is -0.0465. The monoisotopic (exact) mass is 236 g/mol. The summed E-state index contributed by atoms with van der Waals surface area (Å²) in [4.78, 5) is 0. The van der Waals surface area contributed by atoms with Crippen molar-refractivity contribution in [2.24, 2.45) is 5.92 Å². The summed E-state index contributed by atoms with van der Waals surface area (Å²) in [5, 5.41) is 0. The molecule has 0 aromatic carbocycles. The summed E-state index contributed by atoms with van der Waals surface area (Å²) in [6, 6.07) is 0. The first kappa shape index (κ1) is 15.8. The van der Waals surface area contributed by atoms with E-state index in [1.807, 2.05) is 0 Å². The number of ether oxygens (including phenoxy) is 1. The Balaban J connectivity index is 4.31. The minimum Gasteiger partial charge on any atom is -0.378 e. The fourth-order valence-corrected chi connectivity index (χ4v) is 2.06. The quantitative estimate of drug-likeness (QED) is 0.566. The van der Waals surface area contributed by atoms with E-state index in [0.29, 0.717) is 12.3 Å². The maximum Gasteiger partial charge on any atom is 0.238 e. The maximum atomic E-state index is 12.3. The summed E-state index contributed by atoms with van der Waals surface area (Å²) in [5.74, 6) is 0.595. The van der Waals surface area contributed by atoms with E-state index in [1.54, 1.807) is 7.11 Å². The molecule has 98 valence electrons. The fraction of sp³-hybridized carbons (Fsp3) is 1.00. The zero-order chi connectivity index (χ0) is 12.6. The average Bonchev–Trinajstić information content (AvgIpc) is 2.22. The van der Waals surface area contributed by atoms with Gasteiger partial charge in [-0.1, -0.05) is 27.2 Å². The van der Waals surface area contributed by atoms with Gasteiger partial charge in [-0.05, 0) is 31.6 Å². The number of hydrogen-bond acceptors (Lipinski definition) is 1. The van der Waals surface area contributed by atoms with Crippen LogP contribution in [-0.4, -0.2) is 19.1 Å². The van der Waals surface area contributed by atoms with Crippen LogP contribution in [0.1, 0.15) is 59.3 Å². The Bertz CT molecular complexity index is 157. The Morgan fingerprint density at radius 1 is 1.06 bits per heavy atom. The smallest absolute Gasteiger partial charge is 0.238 e. The summed E-state index contributed by atoms with van der Waals surface area (Å²) in [7, 11) is 1.65. The van der Waals surface area contributed by atoms with Crippen LogP contribution in [0, 0.1) is 5.92 Å². The van der Waals surface area contributed by atoms with Crippen molar-refractivity contribution in [2.45, 2.75) is 71.3 Å². The van der Waals surface area contributed by atoms with E-state index in [0.717, 1.165) is 25.7 Å². The van der Waals surface area contributed by atoms with Crippen LogP contribution in [0.5, 0.6) is 0 Å². The summed E-state index contributed by atoms with van der Waals surface area (Å²) in [5.41, 5.74) is -0.324. The van der Waals surface area contributed by atoms with Gasteiger partial charge in [-0.15, -0.1) is 0 Å². The highest BCUT2D eigenvalue weighted by molar-refractivity contribution is 4.81. The minimum atomic E-state index is -2.22. The number of halogens is 2. The molecule has 0 heterocycles. The number of methoxy groups -OCH3 is 1.